The van der Waals surface area contributed by atoms with Gasteiger partial charge in [0.25, 0.3) is 0 Å². The van der Waals surface area contributed by atoms with E-state index in [0.29, 0.717) is 27.7 Å². The SMILES string of the molecule is COc1cc2c(=O)c3c4ccc(C)cc4[nH]c3n(C3CCC3)c2c(F)c1N1CCN(C)CC1. The van der Waals surface area contributed by atoms with Gasteiger partial charge >= 0.3 is 0 Å². The van der Waals surface area contributed by atoms with E-state index in [0.717, 1.165) is 67.6 Å². The molecule has 4 aromatic rings. The Labute approximate surface area is 191 Å². The number of H-pyrrole nitrogens is 1. The van der Waals surface area contributed by atoms with Crippen LogP contribution in [0.25, 0.3) is 32.8 Å². The van der Waals surface area contributed by atoms with Crippen molar-refractivity contribution < 1.29 is 9.13 Å². The van der Waals surface area contributed by atoms with Gasteiger partial charge in [-0.2, -0.15) is 0 Å². The maximum Gasteiger partial charge on any atom is 0.199 e. The van der Waals surface area contributed by atoms with Gasteiger partial charge in [0.05, 0.1) is 23.4 Å². The van der Waals surface area contributed by atoms with E-state index < -0.39 is 0 Å². The highest BCUT2D eigenvalue weighted by Crippen LogP contribution is 2.42. The first-order chi connectivity index (χ1) is 16.0. The molecule has 0 radical (unpaired) electrons. The van der Waals surface area contributed by atoms with Crippen LogP contribution in [0.15, 0.2) is 29.1 Å². The van der Waals surface area contributed by atoms with Crippen molar-refractivity contribution in [3.8, 4) is 5.75 Å². The number of aromatic nitrogens is 2. The van der Waals surface area contributed by atoms with Gasteiger partial charge in [0, 0.05) is 43.1 Å². The number of hydrogen-bond donors (Lipinski definition) is 1. The van der Waals surface area contributed by atoms with Crippen LogP contribution >= 0.6 is 0 Å². The summed E-state index contributed by atoms with van der Waals surface area (Å²) in [6, 6.07) is 8.00. The number of hydrogen-bond acceptors (Lipinski definition) is 4. The molecule has 1 N–H and O–H groups in total. The zero-order chi connectivity index (χ0) is 22.9. The van der Waals surface area contributed by atoms with Gasteiger partial charge in [0.15, 0.2) is 11.2 Å². The normalized spacial score (nSPS) is 17.9. The number of pyridine rings is 1. The highest BCUT2D eigenvalue weighted by atomic mass is 19.1. The molecule has 1 saturated carbocycles. The number of aromatic amines is 1. The summed E-state index contributed by atoms with van der Waals surface area (Å²) in [5.41, 5.74) is 3.48. The molecule has 6 nitrogen and oxygen atoms in total. The van der Waals surface area contributed by atoms with E-state index in [1.54, 1.807) is 13.2 Å². The Morgan fingerprint density at radius 2 is 1.85 bits per heavy atom. The molecular weight excluding hydrogens is 419 g/mol. The van der Waals surface area contributed by atoms with E-state index in [1.165, 1.54) is 0 Å². The quantitative estimate of drug-likeness (QED) is 0.499. The molecule has 1 aliphatic heterocycles. The first-order valence-electron chi connectivity index (χ1n) is 11.8. The van der Waals surface area contributed by atoms with Gasteiger partial charge in [0.1, 0.15) is 17.1 Å². The van der Waals surface area contributed by atoms with E-state index in [-0.39, 0.29) is 17.3 Å². The highest BCUT2D eigenvalue weighted by molar-refractivity contribution is 6.10. The van der Waals surface area contributed by atoms with E-state index >= 15 is 4.39 Å². The van der Waals surface area contributed by atoms with Crippen LogP contribution in [0.3, 0.4) is 0 Å². The van der Waals surface area contributed by atoms with E-state index in [2.05, 4.69) is 32.5 Å². The van der Waals surface area contributed by atoms with Crippen molar-refractivity contribution in [2.24, 2.45) is 0 Å². The Morgan fingerprint density at radius 1 is 1.09 bits per heavy atom. The topological polar surface area (TPSA) is 53.5 Å². The van der Waals surface area contributed by atoms with Gasteiger partial charge in [-0.25, -0.2) is 4.39 Å². The molecule has 2 aliphatic rings. The standard InChI is InChI=1S/C26H29FN4O2/c1-15-7-8-17-19(13-15)28-26-21(17)25(32)18-14-20(33-3)24(30-11-9-29(2)10-12-30)22(27)23(18)31(26)16-5-4-6-16/h7-8,13-14,16,28H,4-6,9-12H2,1-3H3. The van der Waals surface area contributed by atoms with Gasteiger partial charge in [-0.3, -0.25) is 4.79 Å². The second-order valence-corrected chi connectivity index (χ2v) is 9.61. The molecule has 7 heteroatoms. The molecule has 0 bridgehead atoms. The molecule has 0 atom stereocenters. The molecule has 0 spiro atoms. The second kappa shape index (κ2) is 7.48. The summed E-state index contributed by atoms with van der Waals surface area (Å²) >= 11 is 0. The Kier molecular flexibility index (Phi) is 4.66. The lowest BCUT2D eigenvalue weighted by Gasteiger charge is -2.36. The van der Waals surface area contributed by atoms with Crippen LogP contribution in [0.2, 0.25) is 0 Å². The van der Waals surface area contributed by atoms with Crippen LogP contribution in [0, 0.1) is 12.7 Å². The number of nitrogens with zero attached hydrogens (tertiary/aromatic N) is 3. The third-order valence-corrected chi connectivity index (χ3v) is 7.55. The van der Waals surface area contributed by atoms with Crippen LogP contribution in [-0.2, 0) is 0 Å². The Bertz CT molecular complexity index is 1460. The number of nitrogens with one attached hydrogen (secondary N) is 1. The first-order valence-corrected chi connectivity index (χ1v) is 11.8. The van der Waals surface area contributed by atoms with Crippen LogP contribution in [0.1, 0.15) is 30.9 Å². The second-order valence-electron chi connectivity index (χ2n) is 9.61. The smallest absolute Gasteiger partial charge is 0.199 e. The maximum absolute atomic E-state index is 16.5. The Hall–Kier alpha value is -3.06. The average molecular weight is 449 g/mol. The molecule has 6 rings (SSSR count). The lowest BCUT2D eigenvalue weighted by atomic mass is 9.91. The van der Waals surface area contributed by atoms with E-state index in [9.17, 15) is 4.79 Å². The Morgan fingerprint density at radius 3 is 2.52 bits per heavy atom. The molecule has 1 saturated heterocycles. The molecular formula is C26H29FN4O2. The fourth-order valence-electron chi connectivity index (χ4n) is 5.46. The molecule has 172 valence electrons. The number of methoxy groups -OCH3 is 1. The fraction of sp³-hybridized carbons (Fsp3) is 0.423. The van der Waals surface area contributed by atoms with Crippen molar-refractivity contribution in [2.75, 3.05) is 45.2 Å². The van der Waals surface area contributed by atoms with E-state index in [1.807, 2.05) is 19.1 Å². The predicted molar refractivity (Wildman–Crippen MR) is 131 cm³/mol. The third-order valence-electron chi connectivity index (χ3n) is 7.55. The molecule has 1 aliphatic carbocycles. The van der Waals surface area contributed by atoms with Crippen LogP contribution in [-0.4, -0.2) is 54.8 Å². The molecule has 0 amide bonds. The zero-order valence-electron chi connectivity index (χ0n) is 19.4. The largest absolute Gasteiger partial charge is 0.494 e. The summed E-state index contributed by atoms with van der Waals surface area (Å²) < 4.78 is 24.2. The summed E-state index contributed by atoms with van der Waals surface area (Å²) in [6.45, 7) is 5.19. The van der Waals surface area contributed by atoms with Crippen LogP contribution in [0.4, 0.5) is 10.1 Å². The summed E-state index contributed by atoms with van der Waals surface area (Å²) in [5.74, 6) is 0.0755. The average Bonchev–Trinajstić information content (AvgIpc) is 3.14. The minimum absolute atomic E-state index is 0.146. The molecule has 33 heavy (non-hydrogen) atoms. The lowest BCUT2D eigenvalue weighted by Crippen LogP contribution is -2.45. The van der Waals surface area contributed by atoms with Crippen molar-refractivity contribution >= 4 is 38.5 Å². The van der Waals surface area contributed by atoms with Crippen molar-refractivity contribution in [3.63, 3.8) is 0 Å². The zero-order valence-corrected chi connectivity index (χ0v) is 19.4. The first kappa shape index (κ1) is 20.5. The van der Waals surface area contributed by atoms with Gasteiger partial charge < -0.3 is 24.1 Å². The number of halogens is 1. The maximum atomic E-state index is 16.5. The Balaban J connectivity index is 1.73. The number of aryl methyl sites for hydroxylation is 1. The number of piperazine rings is 1. The van der Waals surface area contributed by atoms with Gasteiger partial charge in [-0.05, 0) is 50.9 Å². The van der Waals surface area contributed by atoms with Crippen LogP contribution in [0.5, 0.6) is 5.75 Å². The summed E-state index contributed by atoms with van der Waals surface area (Å²) in [7, 11) is 3.63. The third kappa shape index (κ3) is 2.98. The summed E-state index contributed by atoms with van der Waals surface area (Å²) in [6.07, 6.45) is 3.08. The van der Waals surface area contributed by atoms with Crippen molar-refractivity contribution in [1.82, 2.24) is 14.5 Å². The lowest BCUT2D eigenvalue weighted by molar-refractivity contribution is 0.309. The monoisotopic (exact) mass is 448 g/mol. The summed E-state index contributed by atoms with van der Waals surface area (Å²) in [4.78, 5) is 21.6. The number of anilines is 1. The van der Waals surface area contributed by atoms with Gasteiger partial charge in [-0.15, -0.1) is 0 Å². The molecule has 2 aromatic carbocycles. The van der Waals surface area contributed by atoms with Crippen molar-refractivity contribution in [2.45, 2.75) is 32.2 Å². The number of ether oxygens (including phenoxy) is 1. The number of benzene rings is 2. The molecule has 2 fully saturated rings. The number of rotatable bonds is 3. The van der Waals surface area contributed by atoms with Gasteiger partial charge in [0.2, 0.25) is 0 Å². The molecule has 0 unspecified atom stereocenters. The van der Waals surface area contributed by atoms with Crippen LogP contribution < -0.4 is 15.1 Å². The highest BCUT2D eigenvalue weighted by Gasteiger charge is 2.31. The number of fused-ring (bicyclic) bond motifs is 4. The van der Waals surface area contributed by atoms with Gasteiger partial charge in [-0.1, -0.05) is 12.1 Å². The fourth-order valence-corrected chi connectivity index (χ4v) is 5.46. The predicted octanol–water partition coefficient (Wildman–Crippen LogP) is 4.57. The van der Waals surface area contributed by atoms with Crippen molar-refractivity contribution in [1.29, 1.82) is 0 Å². The van der Waals surface area contributed by atoms with Crippen molar-refractivity contribution in [3.05, 3.63) is 45.9 Å². The molecule has 3 heterocycles. The minimum atomic E-state index is -0.352. The summed E-state index contributed by atoms with van der Waals surface area (Å²) in [5, 5.41) is 1.92. The minimum Gasteiger partial charge on any atom is -0.494 e. The number of likely N-dealkylation sites (N-methyl/N-ethyl adjacent to an activating group) is 1. The van der Waals surface area contributed by atoms with E-state index in [4.69, 9.17) is 4.74 Å². The molecule has 2 aromatic heterocycles.